The lowest BCUT2D eigenvalue weighted by Crippen LogP contribution is -1.99. The molecule has 0 N–H and O–H groups in total. The van der Waals surface area contributed by atoms with Crippen molar-refractivity contribution in [2.75, 3.05) is 0 Å². The number of ketones is 1. The molecule has 0 saturated carbocycles. The molecule has 0 saturated heterocycles. The van der Waals surface area contributed by atoms with E-state index in [2.05, 4.69) is 0 Å². The van der Waals surface area contributed by atoms with E-state index in [4.69, 9.17) is 4.42 Å². The molecule has 0 spiro atoms. The Morgan fingerprint density at radius 3 is 2.77 bits per heavy atom. The van der Waals surface area contributed by atoms with Crippen molar-refractivity contribution in [1.82, 2.24) is 0 Å². The number of furan rings is 1. The second-order valence-corrected chi connectivity index (χ2v) is 5.22. The Morgan fingerprint density at radius 2 is 2.15 bits per heavy atom. The molecule has 13 heavy (non-hydrogen) atoms. The molecule has 5 heteroatoms. The lowest BCUT2D eigenvalue weighted by molar-refractivity contribution is 0.0986. The third-order valence-corrected chi connectivity index (χ3v) is 3.52. The molecule has 2 rings (SSSR count). The predicted molar refractivity (Wildman–Crippen MR) is 45.0 cm³/mol. The van der Waals surface area contributed by atoms with E-state index in [1.54, 1.807) is 0 Å². The molecular formula is C8H8O4S. The Kier molecular flexibility index (Phi) is 1.60. The number of rotatable bonds is 1. The molecule has 0 aromatic carbocycles. The zero-order valence-corrected chi connectivity index (χ0v) is 7.85. The smallest absolute Gasteiger partial charge is 0.195 e. The number of carbonyl (C=O) groups excluding carboxylic acids is 1. The van der Waals surface area contributed by atoms with Gasteiger partial charge in [0, 0.05) is 18.1 Å². The van der Waals surface area contributed by atoms with Crippen molar-refractivity contribution in [3.8, 4) is 0 Å². The topological polar surface area (TPSA) is 64.3 Å². The van der Waals surface area contributed by atoms with Crippen LogP contribution in [0.2, 0.25) is 0 Å². The van der Waals surface area contributed by atoms with Gasteiger partial charge in [-0.05, 0) is 0 Å². The van der Waals surface area contributed by atoms with Gasteiger partial charge in [0.05, 0.1) is 17.8 Å². The minimum Gasteiger partial charge on any atom is -0.461 e. The quantitative estimate of drug-likeness (QED) is 0.632. The summed E-state index contributed by atoms with van der Waals surface area (Å²) < 4.78 is 27.3. The van der Waals surface area contributed by atoms with Crippen molar-refractivity contribution in [3.63, 3.8) is 0 Å². The van der Waals surface area contributed by atoms with Crippen LogP contribution in [0.3, 0.4) is 0 Å². The normalized spacial score (nSPS) is 18.5. The van der Waals surface area contributed by atoms with Crippen molar-refractivity contribution in [1.29, 1.82) is 0 Å². The summed E-state index contributed by atoms with van der Waals surface area (Å²) in [6.07, 6.45) is 1.36. The van der Waals surface area contributed by atoms with Crippen LogP contribution < -0.4 is 0 Å². The first-order chi connectivity index (χ1) is 5.99. The second-order valence-electron chi connectivity index (χ2n) is 3.16. The first kappa shape index (κ1) is 8.50. The van der Waals surface area contributed by atoms with E-state index in [1.165, 1.54) is 13.2 Å². The largest absolute Gasteiger partial charge is 0.461 e. The Morgan fingerprint density at radius 1 is 1.46 bits per heavy atom. The van der Waals surface area contributed by atoms with Gasteiger partial charge in [0.1, 0.15) is 0 Å². The molecule has 1 aliphatic rings. The highest BCUT2D eigenvalue weighted by molar-refractivity contribution is 7.90. The third kappa shape index (κ3) is 1.29. The van der Waals surface area contributed by atoms with Gasteiger partial charge in [0.2, 0.25) is 0 Å². The van der Waals surface area contributed by atoms with E-state index in [9.17, 15) is 13.2 Å². The zero-order valence-electron chi connectivity index (χ0n) is 7.03. The first-order valence-corrected chi connectivity index (χ1v) is 5.62. The summed E-state index contributed by atoms with van der Waals surface area (Å²) in [5.74, 6) is -0.0956. The van der Waals surface area contributed by atoms with E-state index >= 15 is 0 Å². The van der Waals surface area contributed by atoms with Crippen LogP contribution in [0.5, 0.6) is 0 Å². The highest BCUT2D eigenvalue weighted by Crippen LogP contribution is 2.29. The van der Waals surface area contributed by atoms with Gasteiger partial charge in [0.25, 0.3) is 0 Å². The fourth-order valence-electron chi connectivity index (χ4n) is 1.50. The van der Waals surface area contributed by atoms with E-state index in [0.717, 1.165) is 0 Å². The van der Waals surface area contributed by atoms with Gasteiger partial charge in [-0.1, -0.05) is 0 Å². The van der Waals surface area contributed by atoms with Gasteiger partial charge in [0.15, 0.2) is 21.4 Å². The average molecular weight is 200 g/mol. The van der Waals surface area contributed by atoms with E-state index in [1.807, 2.05) is 0 Å². The molecule has 0 unspecified atom stereocenters. The monoisotopic (exact) mass is 200 g/mol. The van der Waals surface area contributed by atoms with E-state index in [-0.39, 0.29) is 23.0 Å². The van der Waals surface area contributed by atoms with Crippen molar-refractivity contribution in [3.05, 3.63) is 23.2 Å². The van der Waals surface area contributed by atoms with Crippen LogP contribution in [0.1, 0.15) is 28.6 Å². The van der Waals surface area contributed by atoms with Gasteiger partial charge in [-0.15, -0.1) is 0 Å². The molecule has 0 aliphatic carbocycles. The molecule has 4 nitrogen and oxygen atoms in total. The highest BCUT2D eigenvalue weighted by atomic mass is 32.2. The average Bonchev–Trinajstić information content (AvgIpc) is 2.41. The molecule has 0 radical (unpaired) electrons. The molecule has 1 aromatic rings. The lowest BCUT2D eigenvalue weighted by atomic mass is 10.1. The van der Waals surface area contributed by atoms with E-state index in [0.29, 0.717) is 11.1 Å². The third-order valence-electron chi connectivity index (χ3n) is 2.04. The van der Waals surface area contributed by atoms with Crippen LogP contribution in [0.4, 0.5) is 0 Å². The summed E-state index contributed by atoms with van der Waals surface area (Å²) in [6, 6.07) is 0. The van der Waals surface area contributed by atoms with Crippen LogP contribution in [0, 0.1) is 0 Å². The molecule has 0 bridgehead atoms. The number of hydrogen-bond donors (Lipinski definition) is 0. The fraction of sp³-hybridized carbons (Fsp3) is 0.375. The SMILES string of the molecule is CC(=O)c1occ2c1CS(=O)(=O)C2. The summed E-state index contributed by atoms with van der Waals surface area (Å²) in [7, 11) is -3.03. The highest BCUT2D eigenvalue weighted by Gasteiger charge is 2.31. The van der Waals surface area contributed by atoms with Gasteiger partial charge in [-0.2, -0.15) is 0 Å². The van der Waals surface area contributed by atoms with Gasteiger partial charge < -0.3 is 4.42 Å². The molecule has 0 atom stereocenters. The van der Waals surface area contributed by atoms with Crippen molar-refractivity contribution < 1.29 is 17.6 Å². The molecule has 0 fully saturated rings. The summed E-state index contributed by atoms with van der Waals surface area (Å²) in [5, 5.41) is 0. The standard InChI is InChI=1S/C8H8O4S/c1-5(9)8-7-4-13(10,11)3-6(7)2-12-8/h2H,3-4H2,1H3. The summed E-state index contributed by atoms with van der Waals surface area (Å²) in [6.45, 7) is 1.37. The molecule has 0 amide bonds. The number of carbonyl (C=O) groups is 1. The van der Waals surface area contributed by atoms with Gasteiger partial charge >= 0.3 is 0 Å². The molecular weight excluding hydrogens is 192 g/mol. The van der Waals surface area contributed by atoms with Crippen molar-refractivity contribution in [2.45, 2.75) is 18.4 Å². The van der Waals surface area contributed by atoms with Crippen LogP contribution in [0.15, 0.2) is 10.7 Å². The number of Topliss-reactive ketones (excluding diaryl/α,β-unsaturated/α-hetero) is 1. The van der Waals surface area contributed by atoms with Gasteiger partial charge in [-0.3, -0.25) is 4.79 Å². The predicted octanol–water partition coefficient (Wildman–Crippen LogP) is 0.911. The number of hydrogen-bond acceptors (Lipinski definition) is 4. The van der Waals surface area contributed by atoms with E-state index < -0.39 is 9.84 Å². The van der Waals surface area contributed by atoms with Crippen LogP contribution in [-0.4, -0.2) is 14.2 Å². The minimum atomic E-state index is -3.03. The maximum atomic E-state index is 11.2. The molecule has 2 heterocycles. The second kappa shape index (κ2) is 2.45. The molecule has 1 aliphatic heterocycles. The Bertz CT molecular complexity index is 466. The minimum absolute atomic E-state index is 0.000880. The number of sulfone groups is 1. The summed E-state index contributed by atoms with van der Waals surface area (Å²) >= 11 is 0. The molecule has 70 valence electrons. The maximum Gasteiger partial charge on any atom is 0.195 e. The van der Waals surface area contributed by atoms with Crippen LogP contribution in [-0.2, 0) is 21.3 Å². The first-order valence-electron chi connectivity index (χ1n) is 3.80. The van der Waals surface area contributed by atoms with Crippen molar-refractivity contribution in [2.24, 2.45) is 0 Å². The molecule has 1 aromatic heterocycles. The number of fused-ring (bicyclic) bond motifs is 1. The lowest BCUT2D eigenvalue weighted by Gasteiger charge is -1.92. The van der Waals surface area contributed by atoms with Crippen LogP contribution in [0.25, 0.3) is 0 Å². The Hall–Kier alpha value is -1.10. The van der Waals surface area contributed by atoms with Gasteiger partial charge in [-0.25, -0.2) is 8.42 Å². The maximum absolute atomic E-state index is 11.2. The fourth-order valence-corrected chi connectivity index (χ4v) is 3.08. The Balaban J connectivity index is 2.55. The Labute approximate surface area is 75.5 Å². The summed E-state index contributed by atoms with van der Waals surface area (Å²) in [5.41, 5.74) is 1.18. The van der Waals surface area contributed by atoms with Crippen molar-refractivity contribution >= 4 is 15.6 Å². The summed E-state index contributed by atoms with van der Waals surface area (Å²) in [4.78, 5) is 11.0. The zero-order chi connectivity index (χ0) is 9.64. The van der Waals surface area contributed by atoms with Crippen LogP contribution >= 0.6 is 0 Å².